The summed E-state index contributed by atoms with van der Waals surface area (Å²) in [4.78, 5) is 8.77. The van der Waals surface area contributed by atoms with E-state index < -0.39 is 0 Å². The molecule has 0 saturated carbocycles. The molecule has 0 saturated heterocycles. The molecule has 0 aliphatic carbocycles. The number of fused-ring (bicyclic) bond motifs is 1. The minimum absolute atomic E-state index is 0.351. The minimum Gasteiger partial charge on any atom is -0.334 e. The summed E-state index contributed by atoms with van der Waals surface area (Å²) >= 11 is 0. The Labute approximate surface area is 120 Å². The van der Waals surface area contributed by atoms with Gasteiger partial charge in [-0.2, -0.15) is 0 Å². The van der Waals surface area contributed by atoms with Crippen molar-refractivity contribution in [2.75, 3.05) is 6.54 Å². The molecular formula is C16H22N4. The summed E-state index contributed by atoms with van der Waals surface area (Å²) in [6.45, 7) is 6.39. The molecule has 0 fully saturated rings. The van der Waals surface area contributed by atoms with Crippen LogP contribution in [0.5, 0.6) is 0 Å². The van der Waals surface area contributed by atoms with Gasteiger partial charge in [0.25, 0.3) is 0 Å². The summed E-state index contributed by atoms with van der Waals surface area (Å²) in [7, 11) is 0. The molecule has 4 heteroatoms. The van der Waals surface area contributed by atoms with Crippen molar-refractivity contribution in [2.45, 2.75) is 45.2 Å². The van der Waals surface area contributed by atoms with Gasteiger partial charge in [0.15, 0.2) is 0 Å². The van der Waals surface area contributed by atoms with Crippen molar-refractivity contribution in [1.29, 1.82) is 0 Å². The monoisotopic (exact) mass is 270 g/mol. The van der Waals surface area contributed by atoms with Gasteiger partial charge in [-0.05, 0) is 44.4 Å². The smallest absolute Gasteiger partial charge is 0.113 e. The SMILES string of the molecule is Cc1cn2c(n1)[C@H](CN[C@H](C)c1ccncc1)CCC2. The molecule has 0 amide bonds. The lowest BCUT2D eigenvalue weighted by Crippen LogP contribution is -2.28. The van der Waals surface area contributed by atoms with E-state index >= 15 is 0 Å². The van der Waals surface area contributed by atoms with E-state index in [-0.39, 0.29) is 0 Å². The van der Waals surface area contributed by atoms with Crippen molar-refractivity contribution in [2.24, 2.45) is 0 Å². The highest BCUT2D eigenvalue weighted by Gasteiger charge is 2.22. The first-order valence-electron chi connectivity index (χ1n) is 7.41. The highest BCUT2D eigenvalue weighted by Crippen LogP contribution is 2.26. The van der Waals surface area contributed by atoms with Gasteiger partial charge in [-0.15, -0.1) is 0 Å². The fraction of sp³-hybridized carbons (Fsp3) is 0.500. The summed E-state index contributed by atoms with van der Waals surface area (Å²) in [6.07, 6.45) is 8.35. The summed E-state index contributed by atoms with van der Waals surface area (Å²) < 4.78 is 2.32. The van der Waals surface area contributed by atoms with Gasteiger partial charge >= 0.3 is 0 Å². The van der Waals surface area contributed by atoms with Crippen LogP contribution in [0.15, 0.2) is 30.7 Å². The Bertz CT molecular complexity index is 561. The first-order valence-corrected chi connectivity index (χ1v) is 7.41. The van der Waals surface area contributed by atoms with E-state index in [2.05, 4.69) is 47.0 Å². The number of hydrogen-bond donors (Lipinski definition) is 1. The van der Waals surface area contributed by atoms with E-state index in [9.17, 15) is 0 Å². The molecular weight excluding hydrogens is 248 g/mol. The van der Waals surface area contributed by atoms with Gasteiger partial charge in [0.05, 0.1) is 5.69 Å². The predicted octanol–water partition coefficient (Wildman–Crippen LogP) is 2.81. The van der Waals surface area contributed by atoms with Gasteiger partial charge in [-0.3, -0.25) is 4.98 Å². The van der Waals surface area contributed by atoms with Gasteiger partial charge in [-0.1, -0.05) is 0 Å². The zero-order chi connectivity index (χ0) is 13.9. The third kappa shape index (κ3) is 2.75. The second-order valence-electron chi connectivity index (χ2n) is 5.68. The van der Waals surface area contributed by atoms with Crippen LogP contribution in [0.25, 0.3) is 0 Å². The summed E-state index contributed by atoms with van der Waals surface area (Å²) in [5, 5.41) is 3.64. The number of aromatic nitrogens is 3. The fourth-order valence-corrected chi connectivity index (χ4v) is 2.99. The van der Waals surface area contributed by atoms with Gasteiger partial charge in [-0.25, -0.2) is 4.98 Å². The molecule has 1 aliphatic heterocycles. The van der Waals surface area contributed by atoms with E-state index in [4.69, 9.17) is 4.98 Å². The predicted molar refractivity (Wildman–Crippen MR) is 79.6 cm³/mol. The van der Waals surface area contributed by atoms with Crippen LogP contribution >= 0.6 is 0 Å². The van der Waals surface area contributed by atoms with Crippen LogP contribution < -0.4 is 5.32 Å². The van der Waals surface area contributed by atoms with E-state index in [0.29, 0.717) is 12.0 Å². The molecule has 1 N–H and O–H groups in total. The Hall–Kier alpha value is -1.68. The normalized spacial score (nSPS) is 19.6. The zero-order valence-corrected chi connectivity index (χ0v) is 12.2. The number of pyridine rings is 1. The maximum Gasteiger partial charge on any atom is 0.113 e. The highest BCUT2D eigenvalue weighted by atomic mass is 15.1. The van der Waals surface area contributed by atoms with Crippen LogP contribution in [-0.4, -0.2) is 21.1 Å². The molecule has 0 spiro atoms. The average molecular weight is 270 g/mol. The first-order chi connectivity index (χ1) is 9.74. The average Bonchev–Trinajstić information content (AvgIpc) is 2.86. The Balaban J connectivity index is 1.65. The zero-order valence-electron chi connectivity index (χ0n) is 12.2. The Morgan fingerprint density at radius 3 is 3.00 bits per heavy atom. The van der Waals surface area contributed by atoms with Crippen molar-refractivity contribution < 1.29 is 0 Å². The Kier molecular flexibility index (Phi) is 3.83. The minimum atomic E-state index is 0.351. The number of nitrogens with zero attached hydrogens (tertiary/aromatic N) is 3. The van der Waals surface area contributed by atoms with Crippen molar-refractivity contribution >= 4 is 0 Å². The first kappa shape index (κ1) is 13.3. The number of nitrogens with one attached hydrogen (secondary N) is 1. The molecule has 2 atom stereocenters. The molecule has 3 heterocycles. The molecule has 2 aromatic rings. The second kappa shape index (κ2) is 5.75. The number of hydrogen-bond acceptors (Lipinski definition) is 3. The quantitative estimate of drug-likeness (QED) is 0.929. The molecule has 0 aromatic carbocycles. The van der Waals surface area contributed by atoms with Crippen molar-refractivity contribution in [3.8, 4) is 0 Å². The second-order valence-corrected chi connectivity index (χ2v) is 5.68. The number of imidazole rings is 1. The topological polar surface area (TPSA) is 42.7 Å². The molecule has 1 aliphatic rings. The lowest BCUT2D eigenvalue weighted by Gasteiger charge is -2.25. The Morgan fingerprint density at radius 2 is 2.20 bits per heavy atom. The van der Waals surface area contributed by atoms with Crippen LogP contribution in [0.2, 0.25) is 0 Å². The Morgan fingerprint density at radius 1 is 1.40 bits per heavy atom. The van der Waals surface area contributed by atoms with Crippen LogP contribution in [-0.2, 0) is 6.54 Å². The lowest BCUT2D eigenvalue weighted by molar-refractivity contribution is 0.408. The van der Waals surface area contributed by atoms with Gasteiger partial charge in [0.1, 0.15) is 5.82 Å². The number of rotatable bonds is 4. The van der Waals surface area contributed by atoms with Gasteiger partial charge in [0, 0.05) is 43.6 Å². The van der Waals surface area contributed by atoms with E-state index in [1.165, 1.54) is 24.2 Å². The van der Waals surface area contributed by atoms with E-state index in [1.54, 1.807) is 0 Å². The van der Waals surface area contributed by atoms with Crippen LogP contribution in [0.3, 0.4) is 0 Å². The van der Waals surface area contributed by atoms with Crippen molar-refractivity contribution in [3.05, 3.63) is 47.8 Å². The molecule has 106 valence electrons. The third-order valence-electron chi connectivity index (χ3n) is 4.12. The number of aryl methyl sites for hydroxylation is 2. The molecule has 2 aromatic heterocycles. The van der Waals surface area contributed by atoms with Crippen LogP contribution in [0, 0.1) is 6.92 Å². The molecule has 0 bridgehead atoms. The van der Waals surface area contributed by atoms with Gasteiger partial charge in [0.2, 0.25) is 0 Å². The summed E-state index contributed by atoms with van der Waals surface area (Å²) in [5.74, 6) is 1.78. The lowest BCUT2D eigenvalue weighted by atomic mass is 9.98. The van der Waals surface area contributed by atoms with E-state index in [1.807, 2.05) is 12.4 Å². The maximum atomic E-state index is 4.70. The standard InChI is InChI=1S/C16H22N4/c1-12-11-20-9-3-4-15(16(20)19-12)10-18-13(2)14-5-7-17-8-6-14/h5-8,11,13,15,18H,3-4,9-10H2,1-2H3/t13-,15+/m1/s1. The summed E-state index contributed by atoms with van der Waals surface area (Å²) in [6, 6.07) is 4.50. The molecule has 0 unspecified atom stereocenters. The van der Waals surface area contributed by atoms with Gasteiger partial charge < -0.3 is 9.88 Å². The third-order valence-corrected chi connectivity index (χ3v) is 4.12. The summed E-state index contributed by atoms with van der Waals surface area (Å²) in [5.41, 5.74) is 2.42. The van der Waals surface area contributed by atoms with Crippen LogP contribution in [0.4, 0.5) is 0 Å². The molecule has 0 radical (unpaired) electrons. The van der Waals surface area contributed by atoms with Crippen molar-refractivity contribution in [3.63, 3.8) is 0 Å². The van der Waals surface area contributed by atoms with E-state index in [0.717, 1.165) is 18.8 Å². The largest absolute Gasteiger partial charge is 0.334 e. The maximum absolute atomic E-state index is 4.70. The highest BCUT2D eigenvalue weighted by molar-refractivity contribution is 5.15. The molecule has 20 heavy (non-hydrogen) atoms. The molecule has 3 rings (SSSR count). The fourth-order valence-electron chi connectivity index (χ4n) is 2.99. The molecule has 4 nitrogen and oxygen atoms in total. The van der Waals surface area contributed by atoms with Crippen LogP contribution in [0.1, 0.15) is 48.8 Å². The van der Waals surface area contributed by atoms with Crippen molar-refractivity contribution in [1.82, 2.24) is 19.9 Å².